The molecule has 1 aromatic carbocycles. The summed E-state index contributed by atoms with van der Waals surface area (Å²) in [4.78, 5) is 0. The molecule has 2 rings (SSSR count). The zero-order chi connectivity index (χ0) is 13.1. The van der Waals surface area contributed by atoms with Crippen molar-refractivity contribution in [2.75, 3.05) is 7.11 Å². The van der Waals surface area contributed by atoms with Crippen LogP contribution in [0.3, 0.4) is 0 Å². The van der Waals surface area contributed by atoms with Gasteiger partial charge in [0, 0.05) is 17.6 Å². The molecule has 18 heavy (non-hydrogen) atoms. The minimum Gasteiger partial charge on any atom is -0.496 e. The van der Waals surface area contributed by atoms with Gasteiger partial charge in [-0.05, 0) is 45.6 Å². The lowest BCUT2D eigenvalue weighted by Crippen LogP contribution is -2.38. The van der Waals surface area contributed by atoms with E-state index < -0.39 is 0 Å². The van der Waals surface area contributed by atoms with Gasteiger partial charge in [-0.25, -0.2) is 0 Å². The summed E-state index contributed by atoms with van der Waals surface area (Å²) >= 11 is 0. The Hall–Kier alpha value is -1.02. The van der Waals surface area contributed by atoms with Gasteiger partial charge in [-0.15, -0.1) is 0 Å². The average molecular weight is 247 g/mol. The van der Waals surface area contributed by atoms with E-state index in [1.165, 1.54) is 30.4 Å². The molecular weight excluding hydrogens is 222 g/mol. The average Bonchev–Trinajstić information content (AvgIpc) is 2.26. The van der Waals surface area contributed by atoms with E-state index in [9.17, 15) is 0 Å². The molecule has 0 radical (unpaired) electrons. The Labute approximate surface area is 111 Å². The standard InChI is InChI=1S/C16H25NO/c1-11-8-9-16(18-4)15(10-11)13(3)17-12(2)14-6-5-7-14/h8-10,12-14,17H,5-7H2,1-4H3. The molecule has 0 amide bonds. The van der Waals surface area contributed by atoms with Crippen molar-refractivity contribution < 1.29 is 4.74 Å². The zero-order valence-electron chi connectivity index (χ0n) is 12.0. The summed E-state index contributed by atoms with van der Waals surface area (Å²) in [7, 11) is 1.75. The lowest BCUT2D eigenvalue weighted by molar-refractivity contribution is 0.228. The highest BCUT2D eigenvalue weighted by Gasteiger charge is 2.25. The second kappa shape index (κ2) is 5.75. The van der Waals surface area contributed by atoms with Crippen molar-refractivity contribution in [2.45, 2.75) is 52.1 Å². The first-order chi connectivity index (χ1) is 8.61. The number of rotatable bonds is 5. The molecule has 0 saturated heterocycles. The van der Waals surface area contributed by atoms with Crippen molar-refractivity contribution in [3.8, 4) is 5.75 Å². The second-order valence-corrected chi connectivity index (χ2v) is 5.61. The maximum Gasteiger partial charge on any atom is 0.123 e. The van der Waals surface area contributed by atoms with Gasteiger partial charge in [-0.2, -0.15) is 0 Å². The van der Waals surface area contributed by atoms with Crippen LogP contribution in [-0.2, 0) is 0 Å². The van der Waals surface area contributed by atoms with E-state index in [4.69, 9.17) is 4.74 Å². The zero-order valence-corrected chi connectivity index (χ0v) is 12.0. The minimum atomic E-state index is 0.343. The van der Waals surface area contributed by atoms with E-state index in [1.54, 1.807) is 7.11 Å². The molecule has 1 aromatic rings. The fourth-order valence-corrected chi connectivity index (χ4v) is 2.75. The summed E-state index contributed by atoms with van der Waals surface area (Å²) in [5.41, 5.74) is 2.56. The third-order valence-corrected chi connectivity index (χ3v) is 4.22. The molecule has 1 aliphatic carbocycles. The highest BCUT2D eigenvalue weighted by molar-refractivity contribution is 5.38. The van der Waals surface area contributed by atoms with Gasteiger partial charge in [0.25, 0.3) is 0 Å². The monoisotopic (exact) mass is 247 g/mol. The van der Waals surface area contributed by atoms with Crippen LogP contribution in [0.4, 0.5) is 0 Å². The van der Waals surface area contributed by atoms with E-state index in [0.29, 0.717) is 12.1 Å². The Bertz CT molecular complexity index is 398. The third kappa shape index (κ3) is 2.86. The van der Waals surface area contributed by atoms with E-state index in [2.05, 4.69) is 44.3 Å². The van der Waals surface area contributed by atoms with Crippen LogP contribution in [0.25, 0.3) is 0 Å². The molecule has 0 aromatic heterocycles. The van der Waals surface area contributed by atoms with E-state index >= 15 is 0 Å². The summed E-state index contributed by atoms with van der Waals surface area (Å²) in [5, 5.41) is 3.72. The number of nitrogens with one attached hydrogen (secondary N) is 1. The van der Waals surface area contributed by atoms with Crippen molar-refractivity contribution in [3.63, 3.8) is 0 Å². The quantitative estimate of drug-likeness (QED) is 0.853. The maximum absolute atomic E-state index is 5.46. The summed E-state index contributed by atoms with van der Waals surface area (Å²) in [6, 6.07) is 7.33. The van der Waals surface area contributed by atoms with Crippen LogP contribution in [0.2, 0.25) is 0 Å². The topological polar surface area (TPSA) is 21.3 Å². The van der Waals surface area contributed by atoms with Crippen LogP contribution in [0.5, 0.6) is 5.75 Å². The van der Waals surface area contributed by atoms with Gasteiger partial charge in [-0.3, -0.25) is 0 Å². The highest BCUT2D eigenvalue weighted by Crippen LogP contribution is 2.32. The number of aryl methyl sites for hydroxylation is 1. The van der Waals surface area contributed by atoms with E-state index in [-0.39, 0.29) is 0 Å². The van der Waals surface area contributed by atoms with Crippen LogP contribution in [0, 0.1) is 12.8 Å². The molecule has 2 heteroatoms. The maximum atomic E-state index is 5.46. The predicted octanol–water partition coefficient (Wildman–Crippen LogP) is 3.84. The lowest BCUT2D eigenvalue weighted by Gasteiger charge is -2.34. The summed E-state index contributed by atoms with van der Waals surface area (Å²) < 4.78 is 5.46. The van der Waals surface area contributed by atoms with Gasteiger partial charge in [0.1, 0.15) is 5.75 Å². The van der Waals surface area contributed by atoms with Gasteiger partial charge < -0.3 is 10.1 Å². The number of hydrogen-bond donors (Lipinski definition) is 1. The van der Waals surface area contributed by atoms with Crippen LogP contribution >= 0.6 is 0 Å². The molecule has 1 aliphatic rings. The second-order valence-electron chi connectivity index (χ2n) is 5.61. The van der Waals surface area contributed by atoms with E-state index in [1.807, 2.05) is 0 Å². The Morgan fingerprint density at radius 3 is 2.56 bits per heavy atom. The fourth-order valence-electron chi connectivity index (χ4n) is 2.75. The van der Waals surface area contributed by atoms with Crippen LogP contribution in [0.15, 0.2) is 18.2 Å². The Kier molecular flexibility index (Phi) is 4.28. The van der Waals surface area contributed by atoms with Gasteiger partial charge in [0.15, 0.2) is 0 Å². The first-order valence-electron chi connectivity index (χ1n) is 7.02. The molecule has 1 N–H and O–H groups in total. The molecular formula is C16H25NO. The summed E-state index contributed by atoms with van der Waals surface area (Å²) in [6.07, 6.45) is 4.16. The SMILES string of the molecule is COc1ccc(C)cc1C(C)NC(C)C1CCC1. The van der Waals surface area contributed by atoms with Crippen molar-refractivity contribution in [1.29, 1.82) is 0 Å². The van der Waals surface area contributed by atoms with Crippen LogP contribution in [0.1, 0.15) is 50.3 Å². The number of methoxy groups -OCH3 is 1. The van der Waals surface area contributed by atoms with Crippen LogP contribution < -0.4 is 10.1 Å². The summed E-state index contributed by atoms with van der Waals surface area (Å²) in [5.74, 6) is 1.85. The third-order valence-electron chi connectivity index (χ3n) is 4.22. The fraction of sp³-hybridized carbons (Fsp3) is 0.625. The molecule has 100 valence electrons. The van der Waals surface area contributed by atoms with Gasteiger partial charge in [0.05, 0.1) is 7.11 Å². The van der Waals surface area contributed by atoms with Crippen molar-refractivity contribution in [1.82, 2.24) is 5.32 Å². The van der Waals surface area contributed by atoms with Gasteiger partial charge in [-0.1, -0.05) is 24.1 Å². The van der Waals surface area contributed by atoms with E-state index in [0.717, 1.165) is 11.7 Å². The number of benzene rings is 1. The highest BCUT2D eigenvalue weighted by atomic mass is 16.5. The minimum absolute atomic E-state index is 0.343. The molecule has 0 bridgehead atoms. The van der Waals surface area contributed by atoms with Crippen molar-refractivity contribution >= 4 is 0 Å². The van der Waals surface area contributed by atoms with Gasteiger partial charge >= 0.3 is 0 Å². The largest absolute Gasteiger partial charge is 0.496 e. The lowest BCUT2D eigenvalue weighted by atomic mass is 9.80. The molecule has 1 saturated carbocycles. The Morgan fingerprint density at radius 2 is 2.00 bits per heavy atom. The number of ether oxygens (including phenoxy) is 1. The molecule has 0 spiro atoms. The molecule has 2 atom stereocenters. The van der Waals surface area contributed by atoms with Crippen LogP contribution in [-0.4, -0.2) is 13.2 Å². The predicted molar refractivity (Wildman–Crippen MR) is 76.1 cm³/mol. The smallest absolute Gasteiger partial charge is 0.123 e. The number of hydrogen-bond acceptors (Lipinski definition) is 2. The molecule has 2 unspecified atom stereocenters. The Balaban J connectivity index is 2.07. The first-order valence-corrected chi connectivity index (χ1v) is 7.02. The summed E-state index contributed by atoms with van der Waals surface area (Å²) in [6.45, 7) is 6.67. The molecule has 0 heterocycles. The molecule has 2 nitrogen and oxygen atoms in total. The van der Waals surface area contributed by atoms with Crippen molar-refractivity contribution in [3.05, 3.63) is 29.3 Å². The normalized spacial score (nSPS) is 19.1. The Morgan fingerprint density at radius 1 is 1.28 bits per heavy atom. The molecule has 0 aliphatic heterocycles. The van der Waals surface area contributed by atoms with Gasteiger partial charge in [0.2, 0.25) is 0 Å². The van der Waals surface area contributed by atoms with Crippen molar-refractivity contribution in [2.24, 2.45) is 5.92 Å². The molecule has 1 fully saturated rings. The first kappa shape index (κ1) is 13.4.